The number of nitrogens with zero attached hydrogens (tertiary/aromatic N) is 5. The van der Waals surface area contributed by atoms with Gasteiger partial charge in [-0.05, 0) is 37.8 Å². The quantitative estimate of drug-likeness (QED) is 0.416. The van der Waals surface area contributed by atoms with Crippen molar-refractivity contribution in [3.05, 3.63) is 34.4 Å². The Morgan fingerprint density at radius 3 is 2.55 bits per heavy atom. The molecule has 3 rings (SSSR count). The van der Waals surface area contributed by atoms with Gasteiger partial charge >= 0.3 is 0 Å². The van der Waals surface area contributed by atoms with Crippen molar-refractivity contribution in [1.29, 1.82) is 0 Å². The number of hydrogen-bond donors (Lipinski definition) is 0. The van der Waals surface area contributed by atoms with Gasteiger partial charge in [-0.1, -0.05) is 6.92 Å². The number of nitro groups is 1. The summed E-state index contributed by atoms with van der Waals surface area (Å²) in [5, 5.41) is 16.3. The van der Waals surface area contributed by atoms with E-state index < -0.39 is 10.8 Å². The predicted octanol–water partition coefficient (Wildman–Crippen LogP) is 2.65. The number of aliphatic imine (C=N–C) groups is 1. The second-order valence-electron chi connectivity index (χ2n) is 7.33. The molecule has 0 N–H and O–H groups in total. The Kier molecular flexibility index (Phi) is 6.36. The number of carbonyl (C=O) groups excluding carboxylic acids is 2. The summed E-state index contributed by atoms with van der Waals surface area (Å²) in [6, 6.07) is 5.73. The molecule has 0 spiro atoms. The molecule has 154 valence electrons. The topological polar surface area (TPSA) is 108 Å². The number of carbonyl (C=O) groups is 2. The van der Waals surface area contributed by atoms with Crippen LogP contribution in [0.3, 0.4) is 0 Å². The maximum atomic E-state index is 12.7. The van der Waals surface area contributed by atoms with Gasteiger partial charge in [-0.25, -0.2) is 0 Å². The molecule has 29 heavy (non-hydrogen) atoms. The first-order valence-electron chi connectivity index (χ1n) is 9.82. The van der Waals surface area contributed by atoms with E-state index in [1.54, 1.807) is 13.1 Å². The number of amides is 2. The molecule has 1 aromatic carbocycles. The van der Waals surface area contributed by atoms with Crippen molar-refractivity contribution in [2.45, 2.75) is 33.1 Å². The third kappa shape index (κ3) is 4.67. The van der Waals surface area contributed by atoms with Gasteiger partial charge in [0.15, 0.2) is 0 Å². The van der Waals surface area contributed by atoms with Gasteiger partial charge in [-0.3, -0.25) is 24.7 Å². The number of likely N-dealkylation sites (tertiary alicyclic amines) is 1. The standard InChI is InChI=1S/C20H25N5O4/c1-3-19(26)23-10-8-15(9-11-23)12-21-13-18-14(2)22-24(20(18)27)16-4-6-17(7-5-16)25(28)29/h4-7,13,15,18H,3,8-12H2,1-2H3. The van der Waals surface area contributed by atoms with Gasteiger partial charge in [-0.15, -0.1) is 0 Å². The van der Waals surface area contributed by atoms with E-state index >= 15 is 0 Å². The largest absolute Gasteiger partial charge is 0.343 e. The zero-order chi connectivity index (χ0) is 21.0. The van der Waals surface area contributed by atoms with Gasteiger partial charge in [0.2, 0.25) is 5.91 Å². The van der Waals surface area contributed by atoms with Crippen LogP contribution in [0.25, 0.3) is 0 Å². The van der Waals surface area contributed by atoms with Crippen LogP contribution < -0.4 is 5.01 Å². The zero-order valence-electron chi connectivity index (χ0n) is 16.7. The molecule has 0 aromatic heterocycles. The Bertz CT molecular complexity index is 841. The smallest absolute Gasteiger partial charge is 0.269 e. The Hall–Kier alpha value is -3.10. The normalized spacial score (nSPS) is 20.4. The van der Waals surface area contributed by atoms with Crippen LogP contribution in [0.1, 0.15) is 33.1 Å². The minimum Gasteiger partial charge on any atom is -0.343 e. The van der Waals surface area contributed by atoms with Gasteiger partial charge in [0.1, 0.15) is 5.92 Å². The van der Waals surface area contributed by atoms with E-state index in [4.69, 9.17) is 0 Å². The van der Waals surface area contributed by atoms with Crippen LogP contribution in [0, 0.1) is 22.0 Å². The minimum absolute atomic E-state index is 0.0362. The number of non-ortho nitro benzene ring substituents is 1. The molecule has 2 heterocycles. The fourth-order valence-corrected chi connectivity index (χ4v) is 3.56. The van der Waals surface area contributed by atoms with E-state index in [2.05, 4.69) is 10.1 Å². The first-order chi connectivity index (χ1) is 13.9. The summed E-state index contributed by atoms with van der Waals surface area (Å²) in [4.78, 5) is 41.1. The van der Waals surface area contributed by atoms with E-state index in [-0.39, 0.29) is 17.5 Å². The number of rotatable bonds is 6. The number of nitro benzene ring substituents is 1. The summed E-state index contributed by atoms with van der Waals surface area (Å²) in [7, 11) is 0. The lowest BCUT2D eigenvalue weighted by Gasteiger charge is -2.31. The fourth-order valence-electron chi connectivity index (χ4n) is 3.56. The van der Waals surface area contributed by atoms with Gasteiger partial charge in [0.25, 0.3) is 11.6 Å². The van der Waals surface area contributed by atoms with Crippen LogP contribution in [-0.4, -0.2) is 53.2 Å². The molecule has 0 radical (unpaired) electrons. The number of anilines is 1. The highest BCUT2D eigenvalue weighted by Crippen LogP contribution is 2.25. The third-order valence-corrected chi connectivity index (χ3v) is 5.38. The van der Waals surface area contributed by atoms with Crippen LogP contribution in [0.5, 0.6) is 0 Å². The molecular formula is C20H25N5O4. The number of hydrogen-bond acceptors (Lipinski definition) is 6. The highest BCUT2D eigenvalue weighted by atomic mass is 16.6. The number of benzene rings is 1. The first kappa shape index (κ1) is 20.6. The molecule has 1 aromatic rings. The Balaban J connectivity index is 1.55. The summed E-state index contributed by atoms with van der Waals surface area (Å²) < 4.78 is 0. The van der Waals surface area contributed by atoms with Crippen LogP contribution in [0.2, 0.25) is 0 Å². The van der Waals surface area contributed by atoms with Crippen LogP contribution in [0.15, 0.2) is 34.4 Å². The van der Waals surface area contributed by atoms with Crippen molar-refractivity contribution in [1.82, 2.24) is 4.90 Å². The molecule has 9 nitrogen and oxygen atoms in total. The molecule has 2 aliphatic heterocycles. The molecule has 1 saturated heterocycles. The fraction of sp³-hybridized carbons (Fsp3) is 0.500. The van der Waals surface area contributed by atoms with Gasteiger partial charge in [-0.2, -0.15) is 10.1 Å². The van der Waals surface area contributed by atoms with Crippen molar-refractivity contribution in [3.63, 3.8) is 0 Å². The van der Waals surface area contributed by atoms with Gasteiger partial charge in [0.05, 0.1) is 16.3 Å². The van der Waals surface area contributed by atoms with Crippen molar-refractivity contribution in [2.24, 2.45) is 21.9 Å². The maximum Gasteiger partial charge on any atom is 0.269 e. The molecule has 9 heteroatoms. The lowest BCUT2D eigenvalue weighted by Crippen LogP contribution is -2.38. The van der Waals surface area contributed by atoms with E-state index in [0.29, 0.717) is 30.3 Å². The van der Waals surface area contributed by atoms with Gasteiger partial charge in [0, 0.05) is 44.4 Å². The minimum atomic E-state index is -0.521. The van der Waals surface area contributed by atoms with E-state index in [9.17, 15) is 19.7 Å². The molecular weight excluding hydrogens is 374 g/mol. The summed E-state index contributed by atoms with van der Waals surface area (Å²) in [5.74, 6) is -0.135. The average molecular weight is 399 g/mol. The number of hydrazone groups is 1. The SMILES string of the molecule is CCC(=O)N1CCC(CN=CC2C(=O)N(c3ccc([N+](=O)[O-])cc3)N=C2C)CC1. The highest BCUT2D eigenvalue weighted by Gasteiger charge is 2.33. The van der Waals surface area contributed by atoms with Gasteiger partial charge < -0.3 is 4.90 Å². The first-order valence-corrected chi connectivity index (χ1v) is 9.82. The molecule has 2 aliphatic rings. The van der Waals surface area contributed by atoms with E-state index in [1.807, 2.05) is 11.8 Å². The molecule has 0 saturated carbocycles. The lowest BCUT2D eigenvalue weighted by molar-refractivity contribution is -0.384. The molecule has 1 fully saturated rings. The van der Waals surface area contributed by atoms with Crippen LogP contribution >= 0.6 is 0 Å². The summed E-state index contributed by atoms with van der Waals surface area (Å²) in [5.41, 5.74) is 1.09. The third-order valence-electron chi connectivity index (χ3n) is 5.38. The molecule has 0 aliphatic carbocycles. The second kappa shape index (κ2) is 8.93. The molecule has 2 amide bonds. The van der Waals surface area contributed by atoms with Crippen molar-refractivity contribution in [2.75, 3.05) is 24.6 Å². The van der Waals surface area contributed by atoms with Crippen molar-refractivity contribution >= 4 is 35.1 Å². The molecule has 0 bridgehead atoms. The second-order valence-corrected chi connectivity index (χ2v) is 7.33. The van der Waals surface area contributed by atoms with Crippen molar-refractivity contribution < 1.29 is 14.5 Å². The number of piperidine rings is 1. The highest BCUT2D eigenvalue weighted by molar-refractivity contribution is 6.23. The maximum absolute atomic E-state index is 12.7. The monoisotopic (exact) mass is 399 g/mol. The predicted molar refractivity (Wildman–Crippen MR) is 110 cm³/mol. The molecule has 1 atom stereocenters. The van der Waals surface area contributed by atoms with Crippen molar-refractivity contribution in [3.8, 4) is 0 Å². The zero-order valence-corrected chi connectivity index (χ0v) is 16.7. The average Bonchev–Trinajstić information content (AvgIpc) is 3.02. The van der Waals surface area contributed by atoms with Crippen LogP contribution in [0.4, 0.5) is 11.4 Å². The summed E-state index contributed by atoms with van der Waals surface area (Å²) in [6.07, 6.45) is 4.03. The van der Waals surface area contributed by atoms with E-state index in [1.165, 1.54) is 29.3 Å². The van der Waals surface area contributed by atoms with Crippen LogP contribution in [-0.2, 0) is 9.59 Å². The molecule has 1 unspecified atom stereocenters. The Morgan fingerprint density at radius 2 is 1.97 bits per heavy atom. The lowest BCUT2D eigenvalue weighted by atomic mass is 9.96. The summed E-state index contributed by atoms with van der Waals surface area (Å²) >= 11 is 0. The Morgan fingerprint density at radius 1 is 1.31 bits per heavy atom. The Labute approximate surface area is 169 Å². The summed E-state index contributed by atoms with van der Waals surface area (Å²) in [6.45, 7) is 5.81. The van der Waals surface area contributed by atoms with E-state index in [0.717, 1.165) is 25.9 Å².